The summed E-state index contributed by atoms with van der Waals surface area (Å²) < 4.78 is 10.7. The third kappa shape index (κ3) is 6.02. The topological polar surface area (TPSA) is 42.9 Å². The summed E-state index contributed by atoms with van der Waals surface area (Å²) in [6.07, 6.45) is 0. The van der Waals surface area contributed by atoms with Gasteiger partial charge in [0.1, 0.15) is 11.5 Å². The van der Waals surface area contributed by atoms with Crippen LogP contribution in [0, 0.1) is 0 Å². The highest BCUT2D eigenvalue weighted by Gasteiger charge is 1.98. The number of nitrogens with one attached hydrogen (secondary N) is 1. The molecule has 0 aliphatic carbocycles. The molecule has 0 aliphatic rings. The number of methoxy groups -OCH3 is 1. The highest BCUT2D eigenvalue weighted by molar-refractivity contribution is 8.13. The molecule has 0 unspecified atom stereocenters. The van der Waals surface area contributed by atoms with Crippen LogP contribution in [0.1, 0.15) is 0 Å². The number of amidine groups is 1. The molecule has 0 amide bonds. The van der Waals surface area contributed by atoms with Gasteiger partial charge in [-0.25, -0.2) is 0 Å². The van der Waals surface area contributed by atoms with Crippen LogP contribution < -0.4 is 14.8 Å². The number of rotatable bonds is 5. The molecule has 4 nitrogen and oxygen atoms in total. The molecule has 0 spiro atoms. The third-order valence-corrected chi connectivity index (χ3v) is 3.10. The Morgan fingerprint density at radius 1 is 1.28 bits per heavy atom. The largest absolute Gasteiger partial charge is 0.497 e. The van der Waals surface area contributed by atoms with Crippen molar-refractivity contribution in [2.24, 2.45) is 4.99 Å². The van der Waals surface area contributed by atoms with Crippen molar-refractivity contribution in [2.45, 2.75) is 0 Å². The van der Waals surface area contributed by atoms with Crippen molar-refractivity contribution in [3.8, 4) is 11.5 Å². The molecule has 0 aromatic heterocycles. The predicted molar refractivity (Wildman–Crippen MR) is 80.6 cm³/mol. The van der Waals surface area contributed by atoms with Gasteiger partial charge in [-0.2, -0.15) is 0 Å². The molecule has 1 aromatic rings. The molecule has 1 aromatic carbocycles. The first-order chi connectivity index (χ1) is 8.30. The summed E-state index contributed by atoms with van der Waals surface area (Å²) in [6, 6.07) is 7.57. The van der Waals surface area contributed by atoms with Crippen molar-refractivity contribution in [2.75, 3.05) is 33.6 Å². The third-order valence-electron chi connectivity index (χ3n) is 2.07. The van der Waals surface area contributed by atoms with Gasteiger partial charge >= 0.3 is 0 Å². The van der Waals surface area contributed by atoms with Crippen LogP contribution in [0.3, 0.4) is 0 Å². The maximum Gasteiger partial charge on any atom is 0.156 e. The average Bonchev–Trinajstić information content (AvgIpc) is 2.40. The zero-order chi connectivity index (χ0) is 12.5. The fourth-order valence-corrected chi connectivity index (χ4v) is 1.85. The number of halogens is 1. The van der Waals surface area contributed by atoms with Crippen molar-refractivity contribution < 1.29 is 9.47 Å². The molecule has 0 bridgehead atoms. The molecule has 0 radical (unpaired) electrons. The van der Waals surface area contributed by atoms with Gasteiger partial charge in [-0.3, -0.25) is 4.99 Å². The fourth-order valence-electron chi connectivity index (χ4n) is 1.22. The van der Waals surface area contributed by atoms with Gasteiger partial charge in [0.2, 0.25) is 0 Å². The second kappa shape index (κ2) is 9.91. The lowest BCUT2D eigenvalue weighted by Gasteiger charge is -2.07. The minimum absolute atomic E-state index is 0. The smallest absolute Gasteiger partial charge is 0.156 e. The summed E-state index contributed by atoms with van der Waals surface area (Å²) in [6.45, 7) is 0.650. The average molecular weight is 291 g/mol. The van der Waals surface area contributed by atoms with Crippen LogP contribution >= 0.6 is 24.2 Å². The van der Waals surface area contributed by atoms with E-state index in [0.717, 1.165) is 22.4 Å². The number of hydrogen-bond acceptors (Lipinski definition) is 4. The molecule has 102 valence electrons. The monoisotopic (exact) mass is 290 g/mol. The first-order valence-corrected chi connectivity index (χ1v) is 6.33. The van der Waals surface area contributed by atoms with Crippen molar-refractivity contribution in [1.29, 1.82) is 0 Å². The lowest BCUT2D eigenvalue weighted by Crippen LogP contribution is -2.15. The van der Waals surface area contributed by atoms with Gasteiger partial charge in [-0.1, -0.05) is 11.8 Å². The molecule has 0 aliphatic heterocycles. The Bertz CT molecular complexity index is 358. The molecule has 0 fully saturated rings. The molecule has 1 N–H and O–H groups in total. The molecule has 6 heteroatoms. The van der Waals surface area contributed by atoms with Crippen LogP contribution in [0.4, 0.5) is 0 Å². The van der Waals surface area contributed by atoms with Crippen LogP contribution in [0.5, 0.6) is 11.5 Å². The van der Waals surface area contributed by atoms with E-state index in [1.54, 1.807) is 25.9 Å². The van der Waals surface area contributed by atoms with Gasteiger partial charge in [0.25, 0.3) is 0 Å². The van der Waals surface area contributed by atoms with E-state index in [-0.39, 0.29) is 12.4 Å². The summed E-state index contributed by atoms with van der Waals surface area (Å²) in [4.78, 5) is 4.07. The summed E-state index contributed by atoms with van der Waals surface area (Å²) in [5, 5.41) is 3.93. The number of benzene rings is 1. The van der Waals surface area contributed by atoms with Gasteiger partial charge in [-0.05, 0) is 24.3 Å². The first-order valence-electron chi connectivity index (χ1n) is 5.34. The summed E-state index contributed by atoms with van der Waals surface area (Å²) in [5.74, 6) is 2.55. The van der Waals surface area contributed by atoms with E-state index in [9.17, 15) is 0 Å². The van der Waals surface area contributed by atoms with E-state index < -0.39 is 0 Å². The van der Waals surface area contributed by atoms with E-state index in [0.29, 0.717) is 6.61 Å². The highest BCUT2D eigenvalue weighted by atomic mass is 35.5. The molecule has 0 atom stereocenters. The van der Waals surface area contributed by atoms with Crippen molar-refractivity contribution >= 4 is 29.3 Å². The van der Waals surface area contributed by atoms with Crippen molar-refractivity contribution in [3.63, 3.8) is 0 Å². The molecular formula is C12H19ClN2O2S. The van der Waals surface area contributed by atoms with Gasteiger partial charge in [0.05, 0.1) is 13.7 Å². The SMILES string of the molecule is CN=C(NC)SCCOc1ccc(OC)cc1.Cl. The van der Waals surface area contributed by atoms with Crippen LogP contribution in [0.25, 0.3) is 0 Å². The molecular weight excluding hydrogens is 272 g/mol. The maximum atomic E-state index is 5.59. The first kappa shape index (κ1) is 16.9. The van der Waals surface area contributed by atoms with Crippen LogP contribution in [0.15, 0.2) is 29.3 Å². The second-order valence-corrected chi connectivity index (χ2v) is 4.23. The predicted octanol–water partition coefficient (Wildman–Crippen LogP) is 2.43. The summed E-state index contributed by atoms with van der Waals surface area (Å²) in [7, 11) is 5.28. The molecule has 18 heavy (non-hydrogen) atoms. The zero-order valence-corrected chi connectivity index (χ0v) is 12.4. The summed E-state index contributed by atoms with van der Waals surface area (Å²) in [5.41, 5.74) is 0. The van der Waals surface area contributed by atoms with Gasteiger partial charge < -0.3 is 14.8 Å². The van der Waals surface area contributed by atoms with Gasteiger partial charge in [0.15, 0.2) is 5.17 Å². The van der Waals surface area contributed by atoms with Crippen molar-refractivity contribution in [3.05, 3.63) is 24.3 Å². The van der Waals surface area contributed by atoms with E-state index in [1.165, 1.54) is 0 Å². The van der Waals surface area contributed by atoms with Gasteiger partial charge in [0, 0.05) is 19.8 Å². The van der Waals surface area contributed by atoms with Crippen LogP contribution in [0.2, 0.25) is 0 Å². The number of hydrogen-bond donors (Lipinski definition) is 1. The minimum atomic E-state index is 0. The van der Waals surface area contributed by atoms with E-state index in [4.69, 9.17) is 9.47 Å². The minimum Gasteiger partial charge on any atom is -0.497 e. The Morgan fingerprint density at radius 2 is 1.89 bits per heavy atom. The quantitative estimate of drug-likeness (QED) is 0.514. The maximum absolute atomic E-state index is 5.59. The Labute approximate surface area is 119 Å². The Balaban J connectivity index is 0.00000289. The normalized spacial score (nSPS) is 10.5. The van der Waals surface area contributed by atoms with E-state index in [2.05, 4.69) is 10.3 Å². The standard InChI is InChI=1S/C12H18N2O2S.ClH/c1-13-12(14-2)17-9-8-16-11-6-4-10(15-3)5-7-11;/h4-7H,8-9H2,1-3H3,(H,13,14);1H. The Kier molecular flexibility index (Phi) is 9.32. The van der Waals surface area contributed by atoms with E-state index >= 15 is 0 Å². The van der Waals surface area contributed by atoms with Crippen molar-refractivity contribution in [1.82, 2.24) is 5.32 Å². The lowest BCUT2D eigenvalue weighted by atomic mass is 10.3. The van der Waals surface area contributed by atoms with Crippen LogP contribution in [-0.4, -0.2) is 38.7 Å². The highest BCUT2D eigenvalue weighted by Crippen LogP contribution is 2.17. The Hall–Kier alpha value is -1.07. The number of thioether (sulfide) groups is 1. The molecule has 0 saturated heterocycles. The van der Waals surface area contributed by atoms with Crippen LogP contribution in [-0.2, 0) is 0 Å². The number of ether oxygens (including phenoxy) is 2. The Morgan fingerprint density at radius 3 is 2.39 bits per heavy atom. The fraction of sp³-hybridized carbons (Fsp3) is 0.417. The number of aliphatic imine (C=N–C) groups is 1. The summed E-state index contributed by atoms with van der Waals surface area (Å²) >= 11 is 1.64. The molecule has 0 heterocycles. The zero-order valence-electron chi connectivity index (χ0n) is 10.8. The molecule has 1 rings (SSSR count). The molecule has 0 saturated carbocycles. The van der Waals surface area contributed by atoms with Gasteiger partial charge in [-0.15, -0.1) is 12.4 Å². The lowest BCUT2D eigenvalue weighted by molar-refractivity contribution is 0.343. The van der Waals surface area contributed by atoms with E-state index in [1.807, 2.05) is 31.3 Å². The number of nitrogens with zero attached hydrogens (tertiary/aromatic N) is 1. The second-order valence-electron chi connectivity index (χ2n) is 3.15.